The molecule has 2 nitrogen and oxygen atoms in total. The van der Waals surface area contributed by atoms with E-state index in [1.54, 1.807) is 0 Å². The van der Waals surface area contributed by atoms with E-state index in [1.165, 1.54) is 61.0 Å². The average molecular weight is 765 g/mol. The molecule has 1 atom stereocenters. The van der Waals surface area contributed by atoms with E-state index < -0.39 is 0 Å². The fourth-order valence-electron chi connectivity index (χ4n) is 8.84. The zero-order chi connectivity index (χ0) is 39.8. The van der Waals surface area contributed by atoms with Crippen molar-refractivity contribution in [2.24, 2.45) is 0 Å². The minimum absolute atomic E-state index is 0.0198. The molecule has 1 unspecified atom stereocenters. The summed E-state index contributed by atoms with van der Waals surface area (Å²) in [6.07, 6.45) is 2.37. The zero-order valence-corrected chi connectivity index (χ0v) is 33.0. The van der Waals surface area contributed by atoms with Gasteiger partial charge in [0.05, 0.1) is 17.3 Å². The molecule has 2 heterocycles. The summed E-state index contributed by atoms with van der Waals surface area (Å²) < 4.78 is 0. The molecule has 1 N–H and O–H groups in total. The lowest BCUT2D eigenvalue weighted by atomic mass is 9.88. The van der Waals surface area contributed by atoms with Crippen molar-refractivity contribution in [2.75, 3.05) is 5.32 Å². The SMILES string of the molecule is C1=C(c2ccccc2)c2ccccc2NC1c1ccc(-c2cc(-c3ccc(-c4ccccc4)cc3)nc3c2cc(-c2ccc(-c4ccccc4)cc2)c2ccccc23)cc1. The van der Waals surface area contributed by atoms with Crippen molar-refractivity contribution in [3.05, 3.63) is 247 Å². The van der Waals surface area contributed by atoms with Crippen LogP contribution in [-0.2, 0) is 0 Å². The van der Waals surface area contributed by atoms with Gasteiger partial charge in [0, 0.05) is 27.6 Å². The number of hydrogen-bond acceptors (Lipinski definition) is 2. The lowest BCUT2D eigenvalue weighted by Gasteiger charge is -2.27. The van der Waals surface area contributed by atoms with Crippen molar-refractivity contribution in [1.82, 2.24) is 4.98 Å². The van der Waals surface area contributed by atoms with Crippen LogP contribution in [0.1, 0.15) is 22.7 Å². The second kappa shape index (κ2) is 15.2. The molecule has 0 saturated heterocycles. The third-order valence-corrected chi connectivity index (χ3v) is 11.9. The summed E-state index contributed by atoms with van der Waals surface area (Å²) in [6.45, 7) is 0. The van der Waals surface area contributed by atoms with Crippen molar-refractivity contribution >= 4 is 32.9 Å². The van der Waals surface area contributed by atoms with E-state index in [1.807, 2.05) is 0 Å². The van der Waals surface area contributed by atoms with Crippen LogP contribution in [0.15, 0.2) is 231 Å². The molecule has 60 heavy (non-hydrogen) atoms. The normalized spacial score (nSPS) is 13.4. The number of hydrogen-bond donors (Lipinski definition) is 1. The van der Waals surface area contributed by atoms with Crippen LogP contribution in [0.5, 0.6) is 0 Å². The summed E-state index contributed by atoms with van der Waals surface area (Å²) in [4.78, 5) is 5.48. The van der Waals surface area contributed by atoms with Gasteiger partial charge >= 0.3 is 0 Å². The molecule has 0 bridgehead atoms. The third-order valence-electron chi connectivity index (χ3n) is 11.9. The molecule has 1 aromatic heterocycles. The smallest absolute Gasteiger partial charge is 0.0794 e. The molecule has 1 aliphatic rings. The van der Waals surface area contributed by atoms with E-state index in [0.717, 1.165) is 44.4 Å². The van der Waals surface area contributed by atoms with Crippen LogP contribution in [0.2, 0.25) is 0 Å². The van der Waals surface area contributed by atoms with Gasteiger partial charge < -0.3 is 5.32 Å². The van der Waals surface area contributed by atoms with Crippen LogP contribution < -0.4 is 5.32 Å². The number of anilines is 1. The minimum atomic E-state index is 0.0198. The summed E-state index contributed by atoms with van der Waals surface area (Å²) in [5.41, 5.74) is 18.6. The summed E-state index contributed by atoms with van der Waals surface area (Å²) in [6, 6.07) is 80.8. The Morgan fingerprint density at radius 3 is 1.43 bits per heavy atom. The van der Waals surface area contributed by atoms with Crippen LogP contribution in [0.3, 0.4) is 0 Å². The minimum Gasteiger partial charge on any atom is -0.374 e. The van der Waals surface area contributed by atoms with E-state index in [9.17, 15) is 0 Å². The molecule has 282 valence electrons. The average Bonchev–Trinajstić information content (AvgIpc) is 3.34. The highest BCUT2D eigenvalue weighted by molar-refractivity contribution is 6.16. The Balaban J connectivity index is 1.06. The molecule has 0 spiro atoms. The first kappa shape index (κ1) is 35.4. The first-order valence-corrected chi connectivity index (χ1v) is 20.7. The van der Waals surface area contributed by atoms with Crippen LogP contribution in [-0.4, -0.2) is 4.98 Å². The van der Waals surface area contributed by atoms with E-state index in [0.29, 0.717) is 0 Å². The van der Waals surface area contributed by atoms with E-state index in [2.05, 4.69) is 236 Å². The predicted molar refractivity (Wildman–Crippen MR) is 253 cm³/mol. The van der Waals surface area contributed by atoms with Gasteiger partial charge in [-0.2, -0.15) is 0 Å². The highest BCUT2D eigenvalue weighted by atomic mass is 14.9. The summed E-state index contributed by atoms with van der Waals surface area (Å²) in [5, 5.41) is 7.28. The molecule has 0 saturated carbocycles. The van der Waals surface area contributed by atoms with Gasteiger partial charge in [-0.05, 0) is 90.9 Å². The van der Waals surface area contributed by atoms with Gasteiger partial charge in [-0.1, -0.05) is 206 Å². The highest BCUT2D eigenvalue weighted by Crippen LogP contribution is 2.43. The number of pyridine rings is 1. The molecule has 0 aliphatic carbocycles. The van der Waals surface area contributed by atoms with E-state index in [4.69, 9.17) is 4.98 Å². The lowest BCUT2D eigenvalue weighted by Crippen LogP contribution is -2.14. The number of nitrogens with one attached hydrogen (secondary N) is 1. The van der Waals surface area contributed by atoms with Gasteiger partial charge in [0.1, 0.15) is 0 Å². The number of nitrogens with zero attached hydrogens (tertiary/aromatic N) is 1. The molecule has 11 rings (SSSR count). The predicted octanol–water partition coefficient (Wildman–Crippen LogP) is 15.3. The fourth-order valence-corrected chi connectivity index (χ4v) is 8.84. The molecule has 0 amide bonds. The summed E-state index contributed by atoms with van der Waals surface area (Å²) >= 11 is 0. The van der Waals surface area contributed by atoms with Gasteiger partial charge in [0.25, 0.3) is 0 Å². The van der Waals surface area contributed by atoms with Crippen molar-refractivity contribution in [3.8, 4) is 55.8 Å². The Kier molecular flexibility index (Phi) is 8.94. The van der Waals surface area contributed by atoms with Crippen molar-refractivity contribution in [2.45, 2.75) is 6.04 Å². The third kappa shape index (κ3) is 6.55. The van der Waals surface area contributed by atoms with Crippen molar-refractivity contribution in [1.29, 1.82) is 0 Å². The van der Waals surface area contributed by atoms with Gasteiger partial charge in [-0.15, -0.1) is 0 Å². The maximum absolute atomic E-state index is 5.48. The van der Waals surface area contributed by atoms with Crippen LogP contribution >= 0.6 is 0 Å². The molecular weight excluding hydrogens is 725 g/mol. The Hall–Kier alpha value is -7.81. The standard InChI is InChI=1S/C58H40N2/c1-4-14-39(15-5-1)41-24-28-44(29-25-41)51-36-54-53(45-30-34-46(35-31-45)56-37-52(43-18-8-3-9-19-43)49-21-12-13-23-55(49)59-56)38-57(60-58(54)50-22-11-10-20-48(50)51)47-32-26-42(27-33-47)40-16-6-2-7-17-40/h1-38,56,59H. The second-order valence-corrected chi connectivity index (χ2v) is 15.5. The Morgan fingerprint density at radius 1 is 0.333 bits per heavy atom. The lowest BCUT2D eigenvalue weighted by molar-refractivity contribution is 0.973. The van der Waals surface area contributed by atoms with Crippen LogP contribution in [0, 0.1) is 0 Å². The van der Waals surface area contributed by atoms with Crippen LogP contribution in [0.4, 0.5) is 5.69 Å². The summed E-state index contributed by atoms with van der Waals surface area (Å²) in [7, 11) is 0. The van der Waals surface area contributed by atoms with Gasteiger partial charge in [-0.3, -0.25) is 0 Å². The number of aromatic nitrogens is 1. The maximum atomic E-state index is 5.48. The maximum Gasteiger partial charge on any atom is 0.0794 e. The number of para-hydroxylation sites is 1. The molecule has 0 fully saturated rings. The van der Waals surface area contributed by atoms with Gasteiger partial charge in [0.15, 0.2) is 0 Å². The fraction of sp³-hybridized carbons (Fsp3) is 0.0172. The zero-order valence-electron chi connectivity index (χ0n) is 33.0. The van der Waals surface area contributed by atoms with Gasteiger partial charge in [-0.25, -0.2) is 4.98 Å². The Morgan fingerprint density at radius 2 is 0.800 bits per heavy atom. The van der Waals surface area contributed by atoms with E-state index in [-0.39, 0.29) is 6.04 Å². The Bertz CT molecular complexity index is 3170. The summed E-state index contributed by atoms with van der Waals surface area (Å²) in [5.74, 6) is 0. The molecular formula is C58H40N2. The Labute approximate surface area is 350 Å². The van der Waals surface area contributed by atoms with Crippen LogP contribution in [0.25, 0.3) is 83.0 Å². The second-order valence-electron chi connectivity index (χ2n) is 15.5. The number of benzene rings is 9. The quantitative estimate of drug-likeness (QED) is 0.164. The van der Waals surface area contributed by atoms with Crippen molar-refractivity contribution < 1.29 is 0 Å². The number of rotatable bonds is 7. The molecule has 1 aliphatic heterocycles. The van der Waals surface area contributed by atoms with Gasteiger partial charge in [0.2, 0.25) is 0 Å². The van der Waals surface area contributed by atoms with Crippen molar-refractivity contribution in [3.63, 3.8) is 0 Å². The monoisotopic (exact) mass is 764 g/mol. The molecule has 2 heteroatoms. The first-order chi connectivity index (χ1) is 29.7. The van der Waals surface area contributed by atoms with E-state index >= 15 is 0 Å². The topological polar surface area (TPSA) is 24.9 Å². The highest BCUT2D eigenvalue weighted by Gasteiger charge is 2.22. The largest absolute Gasteiger partial charge is 0.374 e. The molecule has 10 aromatic rings. The first-order valence-electron chi connectivity index (χ1n) is 20.7. The molecule has 9 aromatic carbocycles. The molecule has 0 radical (unpaired) electrons. The number of fused-ring (bicyclic) bond motifs is 4.